The molecule has 0 bridgehead atoms. The molecule has 4 rings (SSSR count). The predicted molar refractivity (Wildman–Crippen MR) is 122 cm³/mol. The van der Waals surface area contributed by atoms with E-state index in [0.29, 0.717) is 11.4 Å². The summed E-state index contributed by atoms with van der Waals surface area (Å²) in [7, 11) is 0. The van der Waals surface area contributed by atoms with Crippen molar-refractivity contribution in [2.45, 2.75) is 44.6 Å². The van der Waals surface area contributed by atoms with Crippen molar-refractivity contribution in [2.75, 3.05) is 5.32 Å². The molecule has 1 saturated carbocycles. The van der Waals surface area contributed by atoms with E-state index in [1.165, 1.54) is 0 Å². The summed E-state index contributed by atoms with van der Waals surface area (Å²) in [4.78, 5) is 23.5. The molecule has 2 N–H and O–H groups in total. The molecule has 0 unspecified atom stereocenters. The fourth-order valence-corrected chi connectivity index (χ4v) is 3.73. The standard InChI is InChI=1S/C26H24N2O5/c1-17-24(27-25(31)32-18(2)20-6-4-3-5-7-20)22(33-28-17)13-10-19-8-11-21(12-9-19)26(14-15-26)16-23(29)30/h3-9,11-12,18H,14-16H2,1-2H3,(H,27,31)(H,29,30)/t18-/m1/s1. The van der Waals surface area contributed by atoms with Crippen LogP contribution in [0.4, 0.5) is 10.5 Å². The van der Waals surface area contributed by atoms with Crippen LogP contribution in [0.1, 0.15) is 60.4 Å². The zero-order chi connectivity index (χ0) is 23.4. The highest BCUT2D eigenvalue weighted by Gasteiger charge is 2.45. The lowest BCUT2D eigenvalue weighted by Gasteiger charge is -2.13. The second-order valence-corrected chi connectivity index (χ2v) is 8.23. The number of aliphatic carboxylic acids is 1. The molecule has 7 nitrogen and oxygen atoms in total. The maximum absolute atomic E-state index is 12.4. The Morgan fingerprint density at radius 2 is 1.85 bits per heavy atom. The summed E-state index contributed by atoms with van der Waals surface area (Å²) in [6.07, 6.45) is 0.864. The van der Waals surface area contributed by atoms with Gasteiger partial charge in [0.25, 0.3) is 0 Å². The average Bonchev–Trinajstić information content (AvgIpc) is 3.50. The van der Waals surface area contributed by atoms with Crippen LogP contribution >= 0.6 is 0 Å². The molecule has 33 heavy (non-hydrogen) atoms. The molecular formula is C26H24N2O5. The SMILES string of the molecule is Cc1noc(C#Cc2ccc(C3(CC(=O)O)CC3)cc2)c1NC(=O)O[C@H](C)c1ccccc1. The van der Waals surface area contributed by atoms with Crippen LogP contribution in [-0.4, -0.2) is 22.3 Å². The van der Waals surface area contributed by atoms with E-state index in [1.54, 1.807) is 13.8 Å². The third-order valence-electron chi connectivity index (χ3n) is 5.80. The molecule has 168 valence electrons. The molecule has 1 aromatic heterocycles. The van der Waals surface area contributed by atoms with Gasteiger partial charge >= 0.3 is 12.1 Å². The van der Waals surface area contributed by atoms with Gasteiger partial charge < -0.3 is 14.4 Å². The summed E-state index contributed by atoms with van der Waals surface area (Å²) >= 11 is 0. The first kappa shape index (κ1) is 22.2. The molecule has 7 heteroatoms. The van der Waals surface area contributed by atoms with E-state index in [0.717, 1.165) is 29.5 Å². The minimum atomic E-state index is -0.784. The molecular weight excluding hydrogens is 420 g/mol. The number of nitrogens with zero attached hydrogens (tertiary/aromatic N) is 1. The number of carboxylic acids is 1. The van der Waals surface area contributed by atoms with Crippen molar-refractivity contribution >= 4 is 17.7 Å². The highest BCUT2D eigenvalue weighted by molar-refractivity contribution is 5.87. The number of aryl methyl sites for hydroxylation is 1. The molecule has 0 aliphatic heterocycles. The summed E-state index contributed by atoms with van der Waals surface area (Å²) in [5.41, 5.74) is 3.25. The largest absolute Gasteiger partial charge is 0.481 e. The Morgan fingerprint density at radius 1 is 1.15 bits per heavy atom. The number of hydrogen-bond acceptors (Lipinski definition) is 5. The summed E-state index contributed by atoms with van der Waals surface area (Å²) in [5, 5.41) is 15.7. The number of benzene rings is 2. The summed E-state index contributed by atoms with van der Waals surface area (Å²) in [6.45, 7) is 3.50. The van der Waals surface area contributed by atoms with Crippen LogP contribution in [-0.2, 0) is 14.9 Å². The second-order valence-electron chi connectivity index (χ2n) is 8.23. The number of carbonyl (C=O) groups excluding carboxylic acids is 1. The number of aromatic nitrogens is 1. The van der Waals surface area contributed by atoms with Crippen LogP contribution in [0.3, 0.4) is 0 Å². The molecule has 0 saturated heterocycles. The molecule has 1 aliphatic carbocycles. The van der Waals surface area contributed by atoms with E-state index in [-0.39, 0.29) is 17.6 Å². The number of carboxylic acid groups (broad SMARTS) is 1. The fourth-order valence-electron chi connectivity index (χ4n) is 3.73. The third kappa shape index (κ3) is 5.24. The zero-order valence-electron chi connectivity index (χ0n) is 18.4. The van der Waals surface area contributed by atoms with Crippen LogP contribution in [0.25, 0.3) is 0 Å². The van der Waals surface area contributed by atoms with Crippen LogP contribution in [0, 0.1) is 18.8 Å². The van der Waals surface area contributed by atoms with Gasteiger partial charge in [0, 0.05) is 11.0 Å². The lowest BCUT2D eigenvalue weighted by Crippen LogP contribution is -2.16. The second kappa shape index (κ2) is 9.21. The minimum absolute atomic E-state index is 0.142. The number of amides is 1. The number of nitrogens with one attached hydrogen (secondary N) is 1. The van der Waals surface area contributed by atoms with Crippen molar-refractivity contribution in [2.24, 2.45) is 0 Å². The van der Waals surface area contributed by atoms with Crippen molar-refractivity contribution in [1.82, 2.24) is 5.16 Å². The maximum Gasteiger partial charge on any atom is 0.412 e. The monoisotopic (exact) mass is 444 g/mol. The Bertz CT molecular complexity index is 1220. The van der Waals surface area contributed by atoms with Gasteiger partial charge in [-0.1, -0.05) is 53.5 Å². The average molecular weight is 444 g/mol. The van der Waals surface area contributed by atoms with Crippen LogP contribution < -0.4 is 5.32 Å². The fraction of sp³-hybridized carbons (Fsp3) is 0.269. The quantitative estimate of drug-likeness (QED) is 0.507. The van der Waals surface area contributed by atoms with E-state index < -0.39 is 18.2 Å². The molecule has 0 spiro atoms. The van der Waals surface area contributed by atoms with Crippen LogP contribution in [0.5, 0.6) is 0 Å². The van der Waals surface area contributed by atoms with Gasteiger partial charge in [0.15, 0.2) is 0 Å². The van der Waals surface area contributed by atoms with Gasteiger partial charge in [-0.2, -0.15) is 0 Å². The van der Waals surface area contributed by atoms with E-state index in [2.05, 4.69) is 22.3 Å². The van der Waals surface area contributed by atoms with Crippen molar-refractivity contribution in [3.63, 3.8) is 0 Å². The number of anilines is 1. The van der Waals surface area contributed by atoms with Gasteiger partial charge in [-0.05, 0) is 55.9 Å². The molecule has 1 heterocycles. The normalized spacial score (nSPS) is 14.5. The first-order chi connectivity index (χ1) is 15.9. The van der Waals surface area contributed by atoms with E-state index >= 15 is 0 Å². The number of ether oxygens (including phenoxy) is 1. The molecule has 2 aromatic carbocycles. The summed E-state index contributed by atoms with van der Waals surface area (Å²) < 4.78 is 10.7. The van der Waals surface area contributed by atoms with E-state index in [1.807, 2.05) is 54.6 Å². The topological polar surface area (TPSA) is 102 Å². The van der Waals surface area contributed by atoms with Crippen molar-refractivity contribution < 1.29 is 24.0 Å². The van der Waals surface area contributed by atoms with Gasteiger partial charge in [0.2, 0.25) is 5.76 Å². The summed E-state index contributed by atoms with van der Waals surface area (Å²) in [6, 6.07) is 17.0. The van der Waals surface area contributed by atoms with E-state index in [9.17, 15) is 9.59 Å². The number of carbonyl (C=O) groups is 2. The molecule has 1 atom stereocenters. The first-order valence-electron chi connectivity index (χ1n) is 10.7. The van der Waals surface area contributed by atoms with Gasteiger partial charge in [0.05, 0.1) is 6.42 Å². The Morgan fingerprint density at radius 3 is 2.48 bits per heavy atom. The van der Waals surface area contributed by atoms with Gasteiger partial charge in [-0.15, -0.1) is 0 Å². The third-order valence-corrected chi connectivity index (χ3v) is 5.80. The lowest BCUT2D eigenvalue weighted by molar-refractivity contribution is -0.137. The molecule has 1 fully saturated rings. The van der Waals surface area contributed by atoms with E-state index in [4.69, 9.17) is 14.4 Å². The lowest BCUT2D eigenvalue weighted by atomic mass is 9.92. The zero-order valence-corrected chi connectivity index (χ0v) is 18.4. The molecule has 1 aliphatic rings. The predicted octanol–water partition coefficient (Wildman–Crippen LogP) is 5.20. The minimum Gasteiger partial charge on any atom is -0.481 e. The molecule has 1 amide bonds. The highest BCUT2D eigenvalue weighted by Crippen LogP contribution is 2.50. The van der Waals surface area contributed by atoms with Crippen molar-refractivity contribution in [1.29, 1.82) is 0 Å². The number of rotatable bonds is 6. The Hall–Kier alpha value is -4.05. The van der Waals surface area contributed by atoms with Gasteiger partial charge in [0.1, 0.15) is 17.5 Å². The Labute approximate surface area is 191 Å². The van der Waals surface area contributed by atoms with Gasteiger partial charge in [-0.3, -0.25) is 10.1 Å². The van der Waals surface area contributed by atoms with Gasteiger partial charge in [-0.25, -0.2) is 4.79 Å². The van der Waals surface area contributed by atoms with Crippen LogP contribution in [0.2, 0.25) is 0 Å². The smallest absolute Gasteiger partial charge is 0.412 e. The number of hydrogen-bond donors (Lipinski definition) is 2. The Kier molecular flexibility index (Phi) is 6.18. The first-order valence-corrected chi connectivity index (χ1v) is 10.7. The van der Waals surface area contributed by atoms with Crippen molar-refractivity contribution in [3.8, 4) is 11.8 Å². The highest BCUT2D eigenvalue weighted by atomic mass is 16.6. The van der Waals surface area contributed by atoms with Crippen molar-refractivity contribution in [3.05, 3.63) is 82.7 Å². The van der Waals surface area contributed by atoms with Crippen LogP contribution in [0.15, 0.2) is 59.1 Å². The molecule has 3 aromatic rings. The molecule has 0 radical (unpaired) electrons. The maximum atomic E-state index is 12.4. The summed E-state index contributed by atoms with van der Waals surface area (Å²) in [5.74, 6) is 5.35. The Balaban J connectivity index is 1.44.